The fraction of sp³-hybridized carbons (Fsp3) is 0.727. The van der Waals surface area contributed by atoms with E-state index in [4.69, 9.17) is 5.73 Å². The van der Waals surface area contributed by atoms with Crippen LogP contribution in [0, 0.1) is 0 Å². The van der Waals surface area contributed by atoms with Crippen LogP contribution in [0.5, 0.6) is 0 Å². The number of hydrogen-bond acceptors (Lipinski definition) is 7. The Kier molecular flexibility index (Phi) is 4.32. The van der Waals surface area contributed by atoms with Crippen LogP contribution < -0.4 is 10.6 Å². The highest BCUT2D eigenvalue weighted by Gasteiger charge is 2.28. The third-order valence-corrected chi connectivity index (χ3v) is 6.29. The zero-order valence-electron chi connectivity index (χ0n) is 11.3. The molecule has 1 aliphatic heterocycles. The summed E-state index contributed by atoms with van der Waals surface area (Å²) in [4.78, 5) is 4.65. The molecule has 0 saturated carbocycles. The minimum Gasteiger partial charge on any atom is -0.382 e. The molecule has 2 heterocycles. The van der Waals surface area contributed by atoms with Gasteiger partial charge in [0.2, 0.25) is 0 Å². The molecule has 0 atom stereocenters. The van der Waals surface area contributed by atoms with E-state index in [-0.39, 0.29) is 16.5 Å². The molecule has 1 saturated heterocycles. The van der Waals surface area contributed by atoms with Gasteiger partial charge in [0.25, 0.3) is 0 Å². The molecule has 0 bridgehead atoms. The van der Waals surface area contributed by atoms with Crippen LogP contribution in [0.1, 0.15) is 13.8 Å². The molecule has 1 aliphatic rings. The smallest absolute Gasteiger partial charge is 0.184 e. The molecule has 1 fully saturated rings. The van der Waals surface area contributed by atoms with E-state index in [1.165, 1.54) is 11.5 Å². The van der Waals surface area contributed by atoms with Crippen LogP contribution in [0.4, 0.5) is 10.8 Å². The molecule has 0 amide bonds. The summed E-state index contributed by atoms with van der Waals surface area (Å²) in [6, 6.07) is 0. The fourth-order valence-electron chi connectivity index (χ4n) is 2.19. The molecule has 2 N–H and O–H groups in total. The predicted molar refractivity (Wildman–Crippen MR) is 78.6 cm³/mol. The van der Waals surface area contributed by atoms with E-state index < -0.39 is 9.84 Å². The number of piperazine rings is 1. The number of nitrogen functional groups attached to an aromatic ring is 1. The van der Waals surface area contributed by atoms with Crippen molar-refractivity contribution in [1.29, 1.82) is 0 Å². The van der Waals surface area contributed by atoms with Gasteiger partial charge in [-0.25, -0.2) is 8.42 Å². The van der Waals surface area contributed by atoms with Gasteiger partial charge in [-0.3, -0.25) is 0 Å². The number of likely N-dealkylation sites (N-methyl/N-ethyl adjacent to an activating group) is 1. The SMILES string of the molecule is CCN1CCN(c2snc(N)c2S(=O)(=O)CC)CC1. The Balaban J connectivity index is 2.27. The summed E-state index contributed by atoms with van der Waals surface area (Å²) in [7, 11) is -3.32. The predicted octanol–water partition coefficient (Wildman–Crippen LogP) is 0.661. The molecule has 1 aromatic rings. The molecule has 1 aromatic heterocycles. The van der Waals surface area contributed by atoms with Crippen LogP contribution in [0.25, 0.3) is 0 Å². The van der Waals surface area contributed by atoms with Crippen molar-refractivity contribution in [3.8, 4) is 0 Å². The summed E-state index contributed by atoms with van der Waals surface area (Å²) in [6.45, 7) is 8.32. The van der Waals surface area contributed by atoms with Crippen molar-refractivity contribution in [3.63, 3.8) is 0 Å². The summed E-state index contributed by atoms with van der Waals surface area (Å²) < 4.78 is 28.3. The number of aromatic nitrogens is 1. The molecule has 8 heteroatoms. The second-order valence-corrected chi connectivity index (χ2v) is 7.49. The summed E-state index contributed by atoms with van der Waals surface area (Å²) >= 11 is 1.19. The Morgan fingerprint density at radius 2 is 1.89 bits per heavy atom. The number of hydrogen-bond donors (Lipinski definition) is 1. The third-order valence-electron chi connectivity index (χ3n) is 3.46. The molecule has 108 valence electrons. The maximum Gasteiger partial charge on any atom is 0.184 e. The van der Waals surface area contributed by atoms with Gasteiger partial charge in [0, 0.05) is 26.2 Å². The Morgan fingerprint density at radius 1 is 1.26 bits per heavy atom. The van der Waals surface area contributed by atoms with Crippen LogP contribution in [0.15, 0.2) is 4.90 Å². The highest BCUT2D eigenvalue weighted by atomic mass is 32.2. The lowest BCUT2D eigenvalue weighted by atomic mass is 10.3. The second-order valence-electron chi connectivity index (χ2n) is 4.53. The van der Waals surface area contributed by atoms with Gasteiger partial charge < -0.3 is 15.5 Å². The van der Waals surface area contributed by atoms with Crippen LogP contribution in [-0.2, 0) is 9.84 Å². The Hall–Kier alpha value is -0.860. The highest BCUT2D eigenvalue weighted by molar-refractivity contribution is 7.91. The van der Waals surface area contributed by atoms with Gasteiger partial charge in [-0.05, 0) is 18.1 Å². The molecule has 0 spiro atoms. The van der Waals surface area contributed by atoms with Crippen molar-refractivity contribution < 1.29 is 8.42 Å². The lowest BCUT2D eigenvalue weighted by Gasteiger charge is -2.34. The maximum absolute atomic E-state index is 12.1. The molecular formula is C11H20N4O2S2. The zero-order valence-corrected chi connectivity index (χ0v) is 12.9. The van der Waals surface area contributed by atoms with Gasteiger partial charge in [0.05, 0.1) is 5.75 Å². The van der Waals surface area contributed by atoms with Gasteiger partial charge in [-0.1, -0.05) is 13.8 Å². The van der Waals surface area contributed by atoms with Gasteiger partial charge in [0.15, 0.2) is 15.7 Å². The van der Waals surface area contributed by atoms with E-state index in [1.807, 2.05) is 0 Å². The van der Waals surface area contributed by atoms with Crippen molar-refractivity contribution in [2.45, 2.75) is 18.7 Å². The lowest BCUT2D eigenvalue weighted by Crippen LogP contribution is -2.46. The van der Waals surface area contributed by atoms with E-state index in [0.29, 0.717) is 5.00 Å². The molecule has 19 heavy (non-hydrogen) atoms. The fourth-order valence-corrected chi connectivity index (χ4v) is 4.55. The number of nitrogens with zero attached hydrogens (tertiary/aromatic N) is 3. The van der Waals surface area contributed by atoms with E-state index in [1.54, 1.807) is 6.92 Å². The van der Waals surface area contributed by atoms with Gasteiger partial charge in [-0.2, -0.15) is 4.37 Å². The summed E-state index contributed by atoms with van der Waals surface area (Å²) in [5.74, 6) is 0.192. The van der Waals surface area contributed by atoms with Crippen molar-refractivity contribution in [2.75, 3.05) is 49.1 Å². The summed E-state index contributed by atoms with van der Waals surface area (Å²) in [5.41, 5.74) is 5.75. The average molecular weight is 304 g/mol. The van der Waals surface area contributed by atoms with Crippen LogP contribution in [0.2, 0.25) is 0 Å². The highest BCUT2D eigenvalue weighted by Crippen LogP contribution is 2.35. The molecule has 0 radical (unpaired) electrons. The minimum atomic E-state index is -3.32. The minimum absolute atomic E-state index is 0.0531. The van der Waals surface area contributed by atoms with Gasteiger partial charge >= 0.3 is 0 Å². The average Bonchev–Trinajstić information content (AvgIpc) is 2.81. The van der Waals surface area contributed by atoms with Crippen molar-refractivity contribution in [1.82, 2.24) is 9.27 Å². The summed E-state index contributed by atoms with van der Waals surface area (Å²) in [5, 5.41) is 0.704. The number of sulfone groups is 1. The quantitative estimate of drug-likeness (QED) is 0.880. The van der Waals surface area contributed by atoms with E-state index in [9.17, 15) is 8.42 Å². The maximum atomic E-state index is 12.1. The lowest BCUT2D eigenvalue weighted by molar-refractivity contribution is 0.271. The second kappa shape index (κ2) is 5.64. The topological polar surface area (TPSA) is 79.5 Å². The van der Waals surface area contributed by atoms with Crippen LogP contribution >= 0.6 is 11.5 Å². The van der Waals surface area contributed by atoms with Crippen LogP contribution in [-0.4, -0.2) is 56.2 Å². The number of rotatable bonds is 4. The van der Waals surface area contributed by atoms with Crippen molar-refractivity contribution in [3.05, 3.63) is 0 Å². The first-order valence-corrected chi connectivity index (χ1v) is 8.87. The molecule has 0 aliphatic carbocycles. The van der Waals surface area contributed by atoms with E-state index in [2.05, 4.69) is 21.1 Å². The summed E-state index contributed by atoms with van der Waals surface area (Å²) in [6.07, 6.45) is 0. The first-order chi connectivity index (χ1) is 8.99. The molecule has 0 aromatic carbocycles. The van der Waals surface area contributed by atoms with Crippen LogP contribution in [0.3, 0.4) is 0 Å². The van der Waals surface area contributed by atoms with Crippen molar-refractivity contribution >= 4 is 32.2 Å². The molecule has 2 rings (SSSR count). The normalized spacial score (nSPS) is 17.9. The third kappa shape index (κ3) is 2.85. The molecule has 0 unspecified atom stereocenters. The zero-order chi connectivity index (χ0) is 14.0. The standard InChI is InChI=1S/C11H20N4O2S2/c1-3-14-5-7-15(8-6-14)11-9(10(12)13-18-11)19(16,17)4-2/h3-8H2,1-2H3,(H2,12,13). The number of nitrogens with two attached hydrogens (primary N) is 1. The Morgan fingerprint density at radius 3 is 2.42 bits per heavy atom. The van der Waals surface area contributed by atoms with Gasteiger partial charge in [0.1, 0.15) is 9.90 Å². The first kappa shape index (κ1) is 14.5. The monoisotopic (exact) mass is 304 g/mol. The first-order valence-electron chi connectivity index (χ1n) is 6.44. The van der Waals surface area contributed by atoms with E-state index >= 15 is 0 Å². The Bertz CT molecular complexity index is 533. The van der Waals surface area contributed by atoms with Crippen molar-refractivity contribution in [2.24, 2.45) is 0 Å². The van der Waals surface area contributed by atoms with E-state index in [0.717, 1.165) is 32.7 Å². The Labute approximate surface area is 118 Å². The molecular weight excluding hydrogens is 284 g/mol. The van der Waals surface area contributed by atoms with Gasteiger partial charge in [-0.15, -0.1) is 0 Å². The molecule has 6 nitrogen and oxygen atoms in total. The number of anilines is 2. The largest absolute Gasteiger partial charge is 0.382 e.